The Morgan fingerprint density at radius 2 is 1.95 bits per heavy atom. The van der Waals surface area contributed by atoms with Gasteiger partial charge in [0, 0.05) is 5.02 Å². The lowest BCUT2D eigenvalue weighted by atomic mass is 10.0. The molecule has 0 bridgehead atoms. The van der Waals surface area contributed by atoms with Crippen LogP contribution in [0.3, 0.4) is 0 Å². The molecule has 2 rings (SSSR count). The summed E-state index contributed by atoms with van der Waals surface area (Å²) in [7, 11) is 0. The van der Waals surface area contributed by atoms with Gasteiger partial charge in [-0.1, -0.05) is 31.9 Å². The van der Waals surface area contributed by atoms with Crippen molar-refractivity contribution in [1.29, 1.82) is 0 Å². The van der Waals surface area contributed by atoms with E-state index in [4.69, 9.17) is 23.8 Å². The van der Waals surface area contributed by atoms with Gasteiger partial charge in [-0.2, -0.15) is 0 Å². The third kappa shape index (κ3) is 3.19. The molecule has 104 valence electrons. The molecule has 0 saturated carbocycles. The summed E-state index contributed by atoms with van der Waals surface area (Å²) in [5.41, 5.74) is 4.40. The number of hydrogen-bond acceptors (Lipinski definition) is 2. The number of hydrogen-bond donors (Lipinski definition) is 2. The van der Waals surface area contributed by atoms with Crippen LogP contribution in [0.5, 0.6) is 0 Å². The zero-order valence-corrected chi connectivity index (χ0v) is 12.9. The Hall–Kier alpha value is -0.840. The van der Waals surface area contributed by atoms with Gasteiger partial charge in [0.1, 0.15) is 5.66 Å². The molecule has 2 N–H and O–H groups in total. The SMILES string of the molecule is CCCC[C@@]1(CC)NC(=S)N(c2ccc(Cl)cc2)N1. The van der Waals surface area contributed by atoms with E-state index in [0.717, 1.165) is 28.7 Å². The Kier molecular flexibility index (Phi) is 4.66. The van der Waals surface area contributed by atoms with Crippen LogP contribution in [-0.2, 0) is 0 Å². The Balaban J connectivity index is 2.16. The van der Waals surface area contributed by atoms with Crippen molar-refractivity contribution in [2.45, 2.75) is 45.2 Å². The molecule has 0 aromatic heterocycles. The fourth-order valence-corrected chi connectivity index (χ4v) is 2.74. The number of hydrazine groups is 1. The highest BCUT2D eigenvalue weighted by Crippen LogP contribution is 2.26. The fourth-order valence-electron chi connectivity index (χ4n) is 2.27. The number of unbranched alkanes of at least 4 members (excludes halogenated alkanes) is 1. The molecule has 3 nitrogen and oxygen atoms in total. The Labute approximate surface area is 125 Å². The van der Waals surface area contributed by atoms with E-state index < -0.39 is 0 Å². The molecule has 0 amide bonds. The van der Waals surface area contributed by atoms with E-state index in [1.54, 1.807) is 0 Å². The van der Waals surface area contributed by atoms with Crippen molar-refractivity contribution < 1.29 is 0 Å². The third-order valence-electron chi connectivity index (χ3n) is 3.52. The first-order valence-corrected chi connectivity index (χ1v) is 7.54. The predicted octanol–water partition coefficient (Wildman–Crippen LogP) is 3.84. The highest BCUT2D eigenvalue weighted by molar-refractivity contribution is 7.80. The second-order valence-electron chi connectivity index (χ2n) is 4.89. The van der Waals surface area contributed by atoms with Gasteiger partial charge in [-0.15, -0.1) is 0 Å². The summed E-state index contributed by atoms with van der Waals surface area (Å²) >= 11 is 11.4. The average molecular weight is 298 g/mol. The molecule has 0 aliphatic carbocycles. The summed E-state index contributed by atoms with van der Waals surface area (Å²) in [5, 5.41) is 6.82. The van der Waals surface area contributed by atoms with Crippen LogP contribution in [0.4, 0.5) is 5.69 Å². The molecule has 1 fully saturated rings. The van der Waals surface area contributed by atoms with Crippen molar-refractivity contribution in [3.05, 3.63) is 29.3 Å². The Morgan fingerprint density at radius 3 is 2.53 bits per heavy atom. The summed E-state index contributed by atoms with van der Waals surface area (Å²) in [5.74, 6) is 0. The molecular weight excluding hydrogens is 278 g/mol. The summed E-state index contributed by atoms with van der Waals surface area (Å²) in [4.78, 5) is 0. The topological polar surface area (TPSA) is 27.3 Å². The second-order valence-corrected chi connectivity index (χ2v) is 5.72. The monoisotopic (exact) mass is 297 g/mol. The second kappa shape index (κ2) is 6.07. The van der Waals surface area contributed by atoms with Crippen LogP contribution in [0.1, 0.15) is 39.5 Å². The standard InChI is InChI=1S/C14H20ClN3S/c1-3-5-10-14(4-2)16-13(19)18(17-14)12-8-6-11(15)7-9-12/h6-9,17H,3-5,10H2,1-2H3,(H,16,19)/t14-/m0/s1. The molecule has 19 heavy (non-hydrogen) atoms. The first-order valence-electron chi connectivity index (χ1n) is 6.76. The Bertz CT molecular complexity index is 449. The van der Waals surface area contributed by atoms with Crippen molar-refractivity contribution in [2.24, 2.45) is 0 Å². The van der Waals surface area contributed by atoms with Crippen LogP contribution >= 0.6 is 23.8 Å². The van der Waals surface area contributed by atoms with E-state index in [1.165, 1.54) is 12.8 Å². The molecular formula is C14H20ClN3S. The normalized spacial score (nSPS) is 22.7. The van der Waals surface area contributed by atoms with E-state index in [2.05, 4.69) is 24.6 Å². The van der Waals surface area contributed by atoms with Gasteiger partial charge in [-0.05, 0) is 55.7 Å². The van der Waals surface area contributed by atoms with Gasteiger partial charge in [-0.3, -0.25) is 5.01 Å². The number of benzene rings is 1. The molecule has 0 radical (unpaired) electrons. The summed E-state index contributed by atoms with van der Waals surface area (Å²) in [6, 6.07) is 7.68. The molecule has 1 aromatic carbocycles. The number of rotatable bonds is 5. The van der Waals surface area contributed by atoms with Gasteiger partial charge in [0.25, 0.3) is 0 Å². The lowest BCUT2D eigenvalue weighted by molar-refractivity contribution is 0.294. The summed E-state index contributed by atoms with van der Waals surface area (Å²) in [6.07, 6.45) is 4.39. The predicted molar refractivity (Wildman–Crippen MR) is 85.3 cm³/mol. The highest BCUT2D eigenvalue weighted by Gasteiger charge is 2.38. The van der Waals surface area contributed by atoms with Crippen molar-refractivity contribution in [1.82, 2.24) is 10.7 Å². The van der Waals surface area contributed by atoms with Gasteiger partial charge in [-0.25, -0.2) is 5.43 Å². The fraction of sp³-hybridized carbons (Fsp3) is 0.500. The van der Waals surface area contributed by atoms with Crippen molar-refractivity contribution in [3.8, 4) is 0 Å². The Morgan fingerprint density at radius 1 is 1.26 bits per heavy atom. The molecule has 0 spiro atoms. The molecule has 0 unspecified atom stereocenters. The summed E-state index contributed by atoms with van der Waals surface area (Å²) < 4.78 is 0. The van der Waals surface area contributed by atoms with Crippen LogP contribution in [0, 0.1) is 0 Å². The van der Waals surface area contributed by atoms with E-state index >= 15 is 0 Å². The van der Waals surface area contributed by atoms with Crippen LogP contribution in [0.25, 0.3) is 0 Å². The van der Waals surface area contributed by atoms with Crippen LogP contribution in [-0.4, -0.2) is 10.8 Å². The highest BCUT2D eigenvalue weighted by atomic mass is 35.5. The molecule has 5 heteroatoms. The molecule has 1 aliphatic rings. The van der Waals surface area contributed by atoms with Crippen LogP contribution < -0.4 is 15.8 Å². The minimum absolute atomic E-state index is 0.118. The first kappa shape index (κ1) is 14.6. The van der Waals surface area contributed by atoms with Crippen molar-refractivity contribution >= 4 is 34.6 Å². The molecule has 1 heterocycles. The molecule has 1 aliphatic heterocycles. The van der Waals surface area contributed by atoms with Crippen molar-refractivity contribution in [2.75, 3.05) is 5.01 Å². The number of nitrogens with one attached hydrogen (secondary N) is 2. The first-order chi connectivity index (χ1) is 9.10. The number of thiocarbonyl (C=S) groups is 1. The van der Waals surface area contributed by atoms with Crippen molar-refractivity contribution in [3.63, 3.8) is 0 Å². The number of anilines is 1. The maximum absolute atomic E-state index is 5.92. The van der Waals surface area contributed by atoms with Gasteiger partial charge < -0.3 is 5.32 Å². The third-order valence-corrected chi connectivity index (χ3v) is 4.06. The zero-order valence-electron chi connectivity index (χ0n) is 11.4. The van der Waals surface area contributed by atoms with Gasteiger partial charge in [0.05, 0.1) is 5.69 Å². The lowest BCUT2D eigenvalue weighted by Crippen LogP contribution is -2.50. The maximum atomic E-state index is 5.92. The molecule has 1 aromatic rings. The average Bonchev–Trinajstić information content (AvgIpc) is 2.75. The van der Waals surface area contributed by atoms with Gasteiger partial charge in [0.2, 0.25) is 0 Å². The maximum Gasteiger partial charge on any atom is 0.189 e. The largest absolute Gasteiger partial charge is 0.342 e. The smallest absolute Gasteiger partial charge is 0.189 e. The van der Waals surface area contributed by atoms with Crippen LogP contribution in [0.15, 0.2) is 24.3 Å². The number of nitrogens with zero attached hydrogens (tertiary/aromatic N) is 1. The van der Waals surface area contributed by atoms with Gasteiger partial charge in [0.15, 0.2) is 5.11 Å². The van der Waals surface area contributed by atoms with E-state index in [0.29, 0.717) is 0 Å². The molecule has 1 atom stereocenters. The minimum Gasteiger partial charge on any atom is -0.342 e. The molecule has 1 saturated heterocycles. The zero-order chi connectivity index (χ0) is 13.9. The van der Waals surface area contributed by atoms with E-state index in [1.807, 2.05) is 29.3 Å². The van der Waals surface area contributed by atoms with Crippen LogP contribution in [0.2, 0.25) is 5.02 Å². The summed E-state index contributed by atoms with van der Waals surface area (Å²) in [6.45, 7) is 4.37. The van der Waals surface area contributed by atoms with Gasteiger partial charge >= 0.3 is 0 Å². The lowest BCUT2D eigenvalue weighted by Gasteiger charge is -2.28. The van der Waals surface area contributed by atoms with E-state index in [9.17, 15) is 0 Å². The number of halogens is 1. The minimum atomic E-state index is -0.118. The van der Waals surface area contributed by atoms with E-state index in [-0.39, 0.29) is 5.66 Å². The quantitative estimate of drug-likeness (QED) is 0.808.